The largest absolute Gasteiger partial charge is 0.0651 e. The van der Waals surface area contributed by atoms with Gasteiger partial charge in [0.15, 0.2) is 0 Å². The van der Waals surface area contributed by atoms with Crippen LogP contribution in [0.3, 0.4) is 0 Å². The first-order chi connectivity index (χ1) is 5.00. The van der Waals surface area contributed by atoms with Crippen LogP contribution in [0.2, 0.25) is 0 Å². The van der Waals surface area contributed by atoms with Crippen LogP contribution in [-0.2, 0) is 0 Å². The van der Waals surface area contributed by atoms with Crippen molar-refractivity contribution in [2.45, 2.75) is 48.0 Å². The molecule has 0 saturated heterocycles. The van der Waals surface area contributed by atoms with Gasteiger partial charge in [0, 0.05) is 0 Å². The molecule has 0 heterocycles. The third-order valence-electron chi connectivity index (χ3n) is 2.74. The molecule has 0 aromatic heterocycles. The second-order valence-electron chi connectivity index (χ2n) is 4.16. The van der Waals surface area contributed by atoms with Crippen molar-refractivity contribution in [2.75, 3.05) is 0 Å². The molecule has 67 valence electrons. The van der Waals surface area contributed by atoms with Crippen molar-refractivity contribution in [3.05, 3.63) is 5.92 Å². The summed E-state index contributed by atoms with van der Waals surface area (Å²) >= 11 is 0. The molecule has 0 bridgehead atoms. The van der Waals surface area contributed by atoms with Gasteiger partial charge in [-0.25, -0.2) is 0 Å². The van der Waals surface area contributed by atoms with Crippen molar-refractivity contribution in [1.82, 2.24) is 0 Å². The van der Waals surface area contributed by atoms with E-state index in [-0.39, 0.29) is 0 Å². The highest BCUT2D eigenvalue weighted by molar-refractivity contribution is 4.95. The van der Waals surface area contributed by atoms with Crippen molar-refractivity contribution in [1.29, 1.82) is 0 Å². The van der Waals surface area contributed by atoms with Crippen LogP contribution in [0, 0.1) is 23.7 Å². The Morgan fingerprint density at radius 1 is 1.09 bits per heavy atom. The maximum Gasteiger partial charge on any atom is -0.0213 e. The Hall–Kier alpha value is 0. The molecule has 0 aliphatic heterocycles. The maximum atomic E-state index is 2.32. The van der Waals surface area contributed by atoms with E-state index in [2.05, 4.69) is 41.5 Å². The van der Waals surface area contributed by atoms with E-state index in [9.17, 15) is 0 Å². The zero-order valence-electron chi connectivity index (χ0n) is 8.94. The monoisotopic (exact) mass is 155 g/mol. The predicted octanol–water partition coefficient (Wildman–Crippen LogP) is 3.92. The molecule has 0 amide bonds. The van der Waals surface area contributed by atoms with E-state index in [4.69, 9.17) is 0 Å². The van der Waals surface area contributed by atoms with E-state index in [0.29, 0.717) is 0 Å². The van der Waals surface area contributed by atoms with E-state index < -0.39 is 0 Å². The van der Waals surface area contributed by atoms with Crippen LogP contribution < -0.4 is 0 Å². The third kappa shape index (κ3) is 3.27. The summed E-state index contributed by atoms with van der Waals surface area (Å²) in [7, 11) is 0. The van der Waals surface area contributed by atoms with Crippen LogP contribution in [0.1, 0.15) is 48.0 Å². The number of hydrogen-bond acceptors (Lipinski definition) is 0. The van der Waals surface area contributed by atoms with Gasteiger partial charge >= 0.3 is 0 Å². The fourth-order valence-electron chi connectivity index (χ4n) is 1.75. The highest BCUT2D eigenvalue weighted by Gasteiger charge is 2.21. The summed E-state index contributed by atoms with van der Waals surface area (Å²) in [6.45, 7) is 13.8. The SMILES string of the molecule is CCC([C](C)C(C)C)C(C)C. The van der Waals surface area contributed by atoms with E-state index in [0.717, 1.165) is 17.8 Å². The van der Waals surface area contributed by atoms with Gasteiger partial charge in [-0.15, -0.1) is 0 Å². The van der Waals surface area contributed by atoms with Gasteiger partial charge in [0.05, 0.1) is 0 Å². The van der Waals surface area contributed by atoms with Gasteiger partial charge in [-0.3, -0.25) is 0 Å². The van der Waals surface area contributed by atoms with Gasteiger partial charge in [0.1, 0.15) is 0 Å². The molecule has 0 aromatic carbocycles. The van der Waals surface area contributed by atoms with Crippen LogP contribution >= 0.6 is 0 Å². The summed E-state index contributed by atoms with van der Waals surface area (Å²) in [5, 5.41) is 0. The lowest BCUT2D eigenvalue weighted by Gasteiger charge is -2.28. The van der Waals surface area contributed by atoms with Gasteiger partial charge in [0.2, 0.25) is 0 Å². The van der Waals surface area contributed by atoms with E-state index in [1.165, 1.54) is 6.42 Å². The lowest BCUT2D eigenvalue weighted by atomic mass is 9.77. The standard InChI is InChI=1S/C11H23/c1-7-11(9(4)5)10(6)8(2)3/h8-9,11H,7H2,1-6H3. The van der Waals surface area contributed by atoms with Crippen LogP contribution in [0.25, 0.3) is 0 Å². The smallest absolute Gasteiger partial charge is 0.0213 e. The highest BCUT2D eigenvalue weighted by Crippen LogP contribution is 2.30. The summed E-state index contributed by atoms with van der Waals surface area (Å²) in [5.74, 6) is 4.06. The topological polar surface area (TPSA) is 0 Å². The van der Waals surface area contributed by atoms with E-state index >= 15 is 0 Å². The Bertz CT molecular complexity index is 92.2. The summed E-state index contributed by atoms with van der Waals surface area (Å²) < 4.78 is 0. The van der Waals surface area contributed by atoms with Gasteiger partial charge in [-0.1, -0.05) is 48.0 Å². The molecule has 0 fully saturated rings. The fraction of sp³-hybridized carbons (Fsp3) is 0.909. The van der Waals surface area contributed by atoms with Gasteiger partial charge in [-0.05, 0) is 23.7 Å². The first-order valence-corrected chi connectivity index (χ1v) is 4.84. The molecule has 0 spiro atoms. The second kappa shape index (κ2) is 4.79. The average molecular weight is 155 g/mol. The molecule has 0 saturated carbocycles. The quantitative estimate of drug-likeness (QED) is 0.577. The zero-order valence-corrected chi connectivity index (χ0v) is 8.94. The summed E-state index contributed by atoms with van der Waals surface area (Å²) in [6, 6.07) is 0. The Morgan fingerprint density at radius 2 is 1.55 bits per heavy atom. The van der Waals surface area contributed by atoms with Crippen molar-refractivity contribution < 1.29 is 0 Å². The van der Waals surface area contributed by atoms with Gasteiger partial charge in [0.25, 0.3) is 0 Å². The molecular formula is C11H23. The summed E-state index contributed by atoms with van der Waals surface area (Å²) in [5.41, 5.74) is 0. The third-order valence-corrected chi connectivity index (χ3v) is 2.74. The minimum absolute atomic E-state index is 0.752. The van der Waals surface area contributed by atoms with Crippen LogP contribution in [-0.4, -0.2) is 0 Å². The minimum atomic E-state index is 0.752. The number of rotatable bonds is 4. The molecule has 1 atom stereocenters. The summed E-state index contributed by atoms with van der Waals surface area (Å²) in [6.07, 6.45) is 1.29. The predicted molar refractivity (Wildman–Crippen MR) is 52.4 cm³/mol. The lowest BCUT2D eigenvalue weighted by molar-refractivity contribution is 0.347. The molecule has 1 unspecified atom stereocenters. The highest BCUT2D eigenvalue weighted by atomic mass is 14.3. The van der Waals surface area contributed by atoms with Crippen molar-refractivity contribution in [3.63, 3.8) is 0 Å². The Balaban J connectivity index is 4.02. The molecule has 11 heavy (non-hydrogen) atoms. The Morgan fingerprint density at radius 3 is 1.64 bits per heavy atom. The fourth-order valence-corrected chi connectivity index (χ4v) is 1.75. The van der Waals surface area contributed by atoms with E-state index in [1.807, 2.05) is 0 Å². The van der Waals surface area contributed by atoms with Crippen LogP contribution in [0.4, 0.5) is 0 Å². The first kappa shape index (κ1) is 11.0. The second-order valence-corrected chi connectivity index (χ2v) is 4.16. The summed E-state index contributed by atoms with van der Waals surface area (Å²) in [4.78, 5) is 0. The normalized spacial score (nSPS) is 15.0. The molecule has 0 N–H and O–H groups in total. The zero-order chi connectivity index (χ0) is 9.02. The minimum Gasteiger partial charge on any atom is -0.0651 e. The lowest BCUT2D eigenvalue weighted by Crippen LogP contribution is -2.19. The Labute approximate surface area is 72.4 Å². The molecule has 0 aliphatic rings. The van der Waals surface area contributed by atoms with Crippen LogP contribution in [0.5, 0.6) is 0 Å². The average Bonchev–Trinajstić information content (AvgIpc) is 1.88. The first-order valence-electron chi connectivity index (χ1n) is 4.84. The molecular weight excluding hydrogens is 132 g/mol. The van der Waals surface area contributed by atoms with Crippen LogP contribution in [0.15, 0.2) is 0 Å². The molecule has 0 aromatic rings. The van der Waals surface area contributed by atoms with Crippen molar-refractivity contribution in [3.8, 4) is 0 Å². The van der Waals surface area contributed by atoms with Gasteiger partial charge < -0.3 is 0 Å². The molecule has 0 heteroatoms. The molecule has 0 nitrogen and oxygen atoms in total. The molecule has 0 aliphatic carbocycles. The molecule has 0 rings (SSSR count). The Kier molecular flexibility index (Phi) is 4.79. The van der Waals surface area contributed by atoms with E-state index in [1.54, 1.807) is 5.92 Å². The van der Waals surface area contributed by atoms with Crippen molar-refractivity contribution in [2.24, 2.45) is 17.8 Å². The molecule has 1 radical (unpaired) electrons. The van der Waals surface area contributed by atoms with Crippen molar-refractivity contribution >= 4 is 0 Å². The number of hydrogen-bond donors (Lipinski definition) is 0. The van der Waals surface area contributed by atoms with Gasteiger partial charge in [-0.2, -0.15) is 0 Å². The maximum absolute atomic E-state index is 2.32.